The number of carboxylic acid groups (broad SMARTS) is 1. The monoisotopic (exact) mass is 211 g/mol. The highest BCUT2D eigenvalue weighted by Crippen LogP contribution is 2.39. The van der Waals surface area contributed by atoms with E-state index in [1.165, 1.54) is 0 Å². The van der Waals surface area contributed by atoms with E-state index in [1.807, 2.05) is 11.8 Å². The molecule has 2 atom stereocenters. The van der Waals surface area contributed by atoms with Crippen molar-refractivity contribution in [2.45, 2.75) is 51.1 Å². The molecule has 84 valence electrons. The first-order chi connectivity index (χ1) is 7.13. The van der Waals surface area contributed by atoms with Crippen molar-refractivity contribution < 1.29 is 14.7 Å². The SMILES string of the molecule is CC[C@@H]1[C@@H](CC(=O)O)CC(=O)N1C1CC1. The highest BCUT2D eigenvalue weighted by atomic mass is 16.4. The first kappa shape index (κ1) is 10.5. The lowest BCUT2D eigenvalue weighted by molar-refractivity contribution is -0.138. The fourth-order valence-electron chi connectivity index (χ4n) is 2.67. The van der Waals surface area contributed by atoms with Gasteiger partial charge in [-0.3, -0.25) is 9.59 Å². The largest absolute Gasteiger partial charge is 0.481 e. The zero-order valence-corrected chi connectivity index (χ0v) is 8.98. The normalized spacial score (nSPS) is 31.0. The summed E-state index contributed by atoms with van der Waals surface area (Å²) >= 11 is 0. The van der Waals surface area contributed by atoms with Gasteiger partial charge >= 0.3 is 5.97 Å². The summed E-state index contributed by atoms with van der Waals surface area (Å²) in [6, 6.07) is 0.586. The molecule has 1 N–H and O–H groups in total. The topological polar surface area (TPSA) is 57.6 Å². The molecule has 4 heteroatoms. The predicted molar refractivity (Wildman–Crippen MR) is 54.3 cm³/mol. The van der Waals surface area contributed by atoms with Gasteiger partial charge in [-0.25, -0.2) is 0 Å². The van der Waals surface area contributed by atoms with E-state index < -0.39 is 5.97 Å². The highest BCUT2D eigenvalue weighted by Gasteiger charge is 2.45. The van der Waals surface area contributed by atoms with Crippen LogP contribution in [0.5, 0.6) is 0 Å². The van der Waals surface area contributed by atoms with E-state index in [1.54, 1.807) is 0 Å². The summed E-state index contributed by atoms with van der Waals surface area (Å²) in [5.41, 5.74) is 0. The number of amides is 1. The molecule has 1 heterocycles. The maximum atomic E-state index is 11.7. The average Bonchev–Trinajstić information content (AvgIpc) is 2.91. The molecule has 1 saturated heterocycles. The van der Waals surface area contributed by atoms with Gasteiger partial charge < -0.3 is 10.0 Å². The van der Waals surface area contributed by atoms with Gasteiger partial charge in [-0.05, 0) is 25.2 Å². The third-order valence-corrected chi connectivity index (χ3v) is 3.42. The number of carbonyl (C=O) groups is 2. The first-order valence-corrected chi connectivity index (χ1v) is 5.66. The number of carbonyl (C=O) groups excluding carboxylic acids is 1. The fraction of sp³-hybridized carbons (Fsp3) is 0.818. The van der Waals surface area contributed by atoms with Gasteiger partial charge in [-0.15, -0.1) is 0 Å². The number of rotatable bonds is 4. The van der Waals surface area contributed by atoms with Crippen molar-refractivity contribution in [3.8, 4) is 0 Å². The summed E-state index contributed by atoms with van der Waals surface area (Å²) in [7, 11) is 0. The summed E-state index contributed by atoms with van der Waals surface area (Å²) < 4.78 is 0. The van der Waals surface area contributed by atoms with E-state index in [0.29, 0.717) is 12.5 Å². The fourth-order valence-corrected chi connectivity index (χ4v) is 2.67. The molecule has 0 aromatic rings. The van der Waals surface area contributed by atoms with Crippen LogP contribution in [0.1, 0.15) is 39.0 Å². The van der Waals surface area contributed by atoms with Gasteiger partial charge in [0.25, 0.3) is 0 Å². The van der Waals surface area contributed by atoms with Gasteiger partial charge in [0.05, 0.1) is 6.42 Å². The Morgan fingerprint density at radius 2 is 2.20 bits per heavy atom. The number of nitrogens with zero attached hydrogens (tertiary/aromatic N) is 1. The van der Waals surface area contributed by atoms with Crippen LogP contribution < -0.4 is 0 Å². The van der Waals surface area contributed by atoms with Crippen LogP contribution in [0.25, 0.3) is 0 Å². The minimum atomic E-state index is -0.788. The molecule has 4 nitrogen and oxygen atoms in total. The minimum Gasteiger partial charge on any atom is -0.481 e. The smallest absolute Gasteiger partial charge is 0.303 e. The second kappa shape index (κ2) is 3.83. The van der Waals surface area contributed by atoms with E-state index >= 15 is 0 Å². The lowest BCUT2D eigenvalue weighted by Crippen LogP contribution is -2.37. The molecule has 0 unspecified atom stereocenters. The molecular weight excluding hydrogens is 194 g/mol. The molecule has 0 bridgehead atoms. The molecule has 0 aromatic heterocycles. The number of aliphatic carboxylic acids is 1. The highest BCUT2D eigenvalue weighted by molar-refractivity contribution is 5.81. The summed E-state index contributed by atoms with van der Waals surface area (Å²) in [4.78, 5) is 24.4. The average molecular weight is 211 g/mol. The second-order valence-corrected chi connectivity index (χ2v) is 4.57. The minimum absolute atomic E-state index is 0.0283. The quantitative estimate of drug-likeness (QED) is 0.761. The van der Waals surface area contributed by atoms with Crippen molar-refractivity contribution in [1.82, 2.24) is 4.90 Å². The number of hydrogen-bond donors (Lipinski definition) is 1. The van der Waals surface area contributed by atoms with Crippen LogP contribution in [0.4, 0.5) is 0 Å². The van der Waals surface area contributed by atoms with Gasteiger partial charge in [-0.2, -0.15) is 0 Å². The van der Waals surface area contributed by atoms with E-state index in [0.717, 1.165) is 19.3 Å². The van der Waals surface area contributed by atoms with Crippen molar-refractivity contribution >= 4 is 11.9 Å². The Bertz CT molecular complexity index is 286. The van der Waals surface area contributed by atoms with Crippen molar-refractivity contribution in [1.29, 1.82) is 0 Å². The van der Waals surface area contributed by atoms with Crippen LogP contribution in [-0.4, -0.2) is 34.0 Å². The lowest BCUT2D eigenvalue weighted by Gasteiger charge is -2.26. The Morgan fingerprint density at radius 3 is 2.67 bits per heavy atom. The molecule has 1 aliphatic heterocycles. The third-order valence-electron chi connectivity index (χ3n) is 3.42. The summed E-state index contributed by atoms with van der Waals surface area (Å²) in [6.07, 6.45) is 3.64. The van der Waals surface area contributed by atoms with E-state index in [9.17, 15) is 9.59 Å². The van der Waals surface area contributed by atoms with E-state index in [2.05, 4.69) is 0 Å². The Morgan fingerprint density at radius 1 is 1.53 bits per heavy atom. The Hall–Kier alpha value is -1.06. The van der Waals surface area contributed by atoms with Crippen molar-refractivity contribution in [3.63, 3.8) is 0 Å². The van der Waals surface area contributed by atoms with Crippen molar-refractivity contribution in [2.24, 2.45) is 5.92 Å². The predicted octanol–water partition coefficient (Wildman–Crippen LogP) is 1.25. The van der Waals surface area contributed by atoms with Gasteiger partial charge in [0.2, 0.25) is 5.91 Å². The molecule has 15 heavy (non-hydrogen) atoms. The van der Waals surface area contributed by atoms with Crippen LogP contribution in [0.3, 0.4) is 0 Å². The van der Waals surface area contributed by atoms with Crippen LogP contribution in [-0.2, 0) is 9.59 Å². The Balaban J connectivity index is 2.07. The van der Waals surface area contributed by atoms with Crippen molar-refractivity contribution in [3.05, 3.63) is 0 Å². The zero-order valence-electron chi connectivity index (χ0n) is 8.98. The van der Waals surface area contributed by atoms with Crippen LogP contribution in [0, 0.1) is 5.92 Å². The molecule has 1 amide bonds. The van der Waals surface area contributed by atoms with Gasteiger partial charge in [-0.1, -0.05) is 6.92 Å². The summed E-state index contributed by atoms with van der Waals surface area (Å²) in [5, 5.41) is 8.78. The summed E-state index contributed by atoms with van der Waals surface area (Å²) in [6.45, 7) is 2.04. The molecule has 1 aliphatic carbocycles. The molecule has 2 rings (SSSR count). The van der Waals surface area contributed by atoms with E-state index in [4.69, 9.17) is 5.11 Å². The number of likely N-dealkylation sites (tertiary alicyclic amines) is 1. The Labute approximate surface area is 89.3 Å². The van der Waals surface area contributed by atoms with Crippen LogP contribution in [0.2, 0.25) is 0 Å². The molecule has 1 saturated carbocycles. The Kier molecular flexibility index (Phi) is 2.67. The second-order valence-electron chi connectivity index (χ2n) is 4.57. The first-order valence-electron chi connectivity index (χ1n) is 5.66. The number of hydrogen-bond acceptors (Lipinski definition) is 2. The van der Waals surface area contributed by atoms with Crippen molar-refractivity contribution in [2.75, 3.05) is 0 Å². The van der Waals surface area contributed by atoms with Crippen LogP contribution in [0.15, 0.2) is 0 Å². The molecule has 2 fully saturated rings. The van der Waals surface area contributed by atoms with E-state index in [-0.39, 0.29) is 24.3 Å². The molecule has 0 spiro atoms. The van der Waals surface area contributed by atoms with Gasteiger partial charge in [0.15, 0.2) is 0 Å². The molecule has 0 radical (unpaired) electrons. The van der Waals surface area contributed by atoms with Crippen LogP contribution >= 0.6 is 0 Å². The standard InChI is InChI=1S/C11H17NO3/c1-2-9-7(6-11(14)15)5-10(13)12(9)8-3-4-8/h7-9H,2-6H2,1H3,(H,14,15)/t7-,9-/m1/s1. The molecular formula is C11H17NO3. The third kappa shape index (κ3) is 1.98. The lowest BCUT2D eigenvalue weighted by atomic mass is 9.95. The van der Waals surface area contributed by atoms with Gasteiger partial charge in [0, 0.05) is 18.5 Å². The maximum absolute atomic E-state index is 11.7. The zero-order chi connectivity index (χ0) is 11.0. The molecule has 0 aromatic carbocycles. The van der Waals surface area contributed by atoms with Gasteiger partial charge in [0.1, 0.15) is 0 Å². The maximum Gasteiger partial charge on any atom is 0.303 e. The number of carboxylic acids is 1. The summed E-state index contributed by atoms with van der Waals surface area (Å²) in [5.74, 6) is -0.597. The molecule has 2 aliphatic rings.